The molecule has 1 aromatic carbocycles. The Morgan fingerprint density at radius 1 is 1.33 bits per heavy atom. The number of aromatic nitrogens is 2. The highest BCUT2D eigenvalue weighted by atomic mass is 79.9. The van der Waals surface area contributed by atoms with Crippen LogP contribution in [0.2, 0.25) is 0 Å². The Bertz CT molecular complexity index is 553. The topological polar surface area (TPSA) is 28.7 Å². The lowest BCUT2D eigenvalue weighted by molar-refractivity contribution is 0.630. The highest BCUT2D eigenvalue weighted by molar-refractivity contribution is 9.10. The van der Waals surface area contributed by atoms with Crippen molar-refractivity contribution in [2.45, 2.75) is 0 Å². The Morgan fingerprint density at radius 2 is 2.13 bits per heavy atom. The number of rotatable bonds is 1. The molecule has 0 aliphatic carbocycles. The summed E-state index contributed by atoms with van der Waals surface area (Å²) in [5, 5.41) is 0. The Labute approximate surface area is 99.3 Å². The van der Waals surface area contributed by atoms with Crippen molar-refractivity contribution in [3.05, 3.63) is 45.5 Å². The Balaban J connectivity index is 2.63. The summed E-state index contributed by atoms with van der Waals surface area (Å²) in [7, 11) is 0. The van der Waals surface area contributed by atoms with E-state index in [1.807, 2.05) is 0 Å². The molecule has 2 rings (SSSR count). The minimum Gasteiger partial charge on any atom is -0.330 e. The highest BCUT2D eigenvalue weighted by Gasteiger charge is 2.05. The van der Waals surface area contributed by atoms with Gasteiger partial charge in [-0.3, -0.25) is 0 Å². The molecule has 0 saturated heterocycles. The van der Waals surface area contributed by atoms with Gasteiger partial charge in [-0.05, 0) is 36.5 Å². The molecule has 0 spiro atoms. The zero-order chi connectivity index (χ0) is 10.8. The van der Waals surface area contributed by atoms with E-state index < -0.39 is 0 Å². The number of aromatic amines is 1. The van der Waals surface area contributed by atoms with Crippen molar-refractivity contribution in [2.75, 3.05) is 0 Å². The van der Waals surface area contributed by atoms with Crippen molar-refractivity contribution < 1.29 is 4.39 Å². The van der Waals surface area contributed by atoms with Gasteiger partial charge in [-0.15, -0.1) is 0 Å². The summed E-state index contributed by atoms with van der Waals surface area (Å²) < 4.78 is 14.6. The molecule has 0 radical (unpaired) electrons. The van der Waals surface area contributed by atoms with Crippen LogP contribution in [0.25, 0.3) is 11.3 Å². The van der Waals surface area contributed by atoms with Crippen LogP contribution in [0.1, 0.15) is 0 Å². The molecule has 1 aromatic heterocycles. The first-order valence-electron chi connectivity index (χ1n) is 4.17. The van der Waals surface area contributed by atoms with Gasteiger partial charge in [0.25, 0.3) is 0 Å². The minimum absolute atomic E-state index is 0.296. The van der Waals surface area contributed by atoms with E-state index in [4.69, 9.17) is 12.2 Å². The van der Waals surface area contributed by atoms with Crippen LogP contribution in [-0.4, -0.2) is 9.97 Å². The largest absolute Gasteiger partial charge is 0.330 e. The van der Waals surface area contributed by atoms with Gasteiger partial charge in [0.1, 0.15) is 5.82 Å². The maximum absolute atomic E-state index is 13.5. The lowest BCUT2D eigenvalue weighted by Gasteiger charge is -2.03. The highest BCUT2D eigenvalue weighted by Crippen LogP contribution is 2.24. The van der Waals surface area contributed by atoms with E-state index >= 15 is 0 Å². The van der Waals surface area contributed by atoms with Crippen molar-refractivity contribution >= 4 is 28.1 Å². The van der Waals surface area contributed by atoms with Gasteiger partial charge in [0.05, 0.1) is 5.69 Å². The van der Waals surface area contributed by atoms with E-state index in [1.54, 1.807) is 24.4 Å². The van der Waals surface area contributed by atoms with E-state index in [1.165, 1.54) is 6.07 Å². The van der Waals surface area contributed by atoms with Crippen molar-refractivity contribution in [1.82, 2.24) is 9.97 Å². The molecule has 2 nitrogen and oxygen atoms in total. The van der Waals surface area contributed by atoms with Crippen LogP contribution in [0, 0.1) is 10.6 Å². The average Bonchev–Trinajstić information content (AvgIpc) is 2.22. The van der Waals surface area contributed by atoms with Gasteiger partial charge in [-0.1, -0.05) is 15.9 Å². The van der Waals surface area contributed by atoms with Crippen LogP contribution in [0.5, 0.6) is 0 Å². The van der Waals surface area contributed by atoms with Gasteiger partial charge >= 0.3 is 0 Å². The summed E-state index contributed by atoms with van der Waals surface area (Å²) in [5.41, 5.74) is 1.09. The predicted octanol–water partition coefficient (Wildman–Crippen LogP) is 3.71. The third-order valence-electron chi connectivity index (χ3n) is 1.89. The molecule has 1 heterocycles. The monoisotopic (exact) mass is 284 g/mol. The summed E-state index contributed by atoms with van der Waals surface area (Å²) in [6.07, 6.45) is 1.55. The van der Waals surface area contributed by atoms with Gasteiger partial charge in [0.15, 0.2) is 4.77 Å². The van der Waals surface area contributed by atoms with Crippen molar-refractivity contribution in [1.29, 1.82) is 0 Å². The van der Waals surface area contributed by atoms with E-state index in [0.29, 0.717) is 16.0 Å². The molecule has 76 valence electrons. The van der Waals surface area contributed by atoms with Gasteiger partial charge in [0.2, 0.25) is 0 Å². The number of hydrogen-bond acceptors (Lipinski definition) is 2. The number of nitrogens with one attached hydrogen (secondary N) is 1. The molecule has 0 bridgehead atoms. The van der Waals surface area contributed by atoms with Crippen molar-refractivity contribution in [2.24, 2.45) is 0 Å². The first-order chi connectivity index (χ1) is 7.16. The fourth-order valence-corrected chi connectivity index (χ4v) is 1.76. The SMILES string of the molecule is Fc1ccc(Br)cc1-c1ccnc(=S)[nH]1. The van der Waals surface area contributed by atoms with E-state index in [9.17, 15) is 4.39 Å². The zero-order valence-corrected chi connectivity index (χ0v) is 9.90. The van der Waals surface area contributed by atoms with Crippen LogP contribution in [-0.2, 0) is 0 Å². The smallest absolute Gasteiger partial charge is 0.197 e. The molecular formula is C10H6BrFN2S. The molecule has 0 saturated carbocycles. The van der Waals surface area contributed by atoms with Gasteiger partial charge in [-0.25, -0.2) is 9.37 Å². The Hall–Kier alpha value is -1.07. The minimum atomic E-state index is -0.296. The summed E-state index contributed by atoms with van der Waals surface area (Å²) in [4.78, 5) is 6.68. The van der Waals surface area contributed by atoms with Crippen LogP contribution < -0.4 is 0 Å². The zero-order valence-electron chi connectivity index (χ0n) is 7.50. The molecule has 2 aromatic rings. The van der Waals surface area contributed by atoms with Gasteiger partial charge in [-0.2, -0.15) is 0 Å². The van der Waals surface area contributed by atoms with Crippen molar-refractivity contribution in [3.63, 3.8) is 0 Å². The third kappa shape index (κ3) is 2.30. The van der Waals surface area contributed by atoms with E-state index in [-0.39, 0.29) is 5.82 Å². The normalized spacial score (nSPS) is 10.3. The van der Waals surface area contributed by atoms with Crippen LogP contribution in [0.4, 0.5) is 4.39 Å². The summed E-state index contributed by atoms with van der Waals surface area (Å²) in [6.45, 7) is 0. The van der Waals surface area contributed by atoms with Crippen molar-refractivity contribution in [3.8, 4) is 11.3 Å². The summed E-state index contributed by atoms with van der Waals surface area (Å²) in [6, 6.07) is 6.42. The second-order valence-corrected chi connectivity index (χ2v) is 4.22. The Kier molecular flexibility index (Phi) is 2.93. The van der Waals surface area contributed by atoms with E-state index in [2.05, 4.69) is 25.9 Å². The second-order valence-electron chi connectivity index (χ2n) is 2.91. The molecule has 0 atom stereocenters. The maximum Gasteiger partial charge on any atom is 0.197 e. The van der Waals surface area contributed by atoms with Crippen LogP contribution in [0.15, 0.2) is 34.9 Å². The lowest BCUT2D eigenvalue weighted by Crippen LogP contribution is -1.89. The van der Waals surface area contributed by atoms with Gasteiger partial charge < -0.3 is 4.98 Å². The molecular weight excluding hydrogens is 279 g/mol. The fourth-order valence-electron chi connectivity index (χ4n) is 1.23. The van der Waals surface area contributed by atoms with Crippen LogP contribution in [0.3, 0.4) is 0 Å². The molecule has 0 fully saturated rings. The molecule has 0 unspecified atom stereocenters. The number of benzene rings is 1. The molecule has 15 heavy (non-hydrogen) atoms. The number of H-pyrrole nitrogens is 1. The molecule has 1 N–H and O–H groups in total. The van der Waals surface area contributed by atoms with Gasteiger partial charge in [0, 0.05) is 16.2 Å². The molecule has 0 amide bonds. The third-order valence-corrected chi connectivity index (χ3v) is 2.59. The number of nitrogens with zero attached hydrogens (tertiary/aromatic N) is 1. The molecule has 5 heteroatoms. The first kappa shape index (κ1) is 10.4. The number of hydrogen-bond donors (Lipinski definition) is 1. The number of halogens is 2. The standard InChI is InChI=1S/C10H6BrFN2S/c11-6-1-2-8(12)7(5-6)9-3-4-13-10(15)14-9/h1-5H,(H,13,14,15). The Morgan fingerprint density at radius 3 is 2.87 bits per heavy atom. The second kappa shape index (κ2) is 4.20. The van der Waals surface area contributed by atoms with E-state index in [0.717, 1.165) is 4.47 Å². The quantitative estimate of drug-likeness (QED) is 0.809. The predicted molar refractivity (Wildman–Crippen MR) is 62.5 cm³/mol. The lowest BCUT2D eigenvalue weighted by atomic mass is 10.1. The fraction of sp³-hybridized carbons (Fsp3) is 0. The maximum atomic E-state index is 13.5. The molecule has 0 aliphatic rings. The summed E-state index contributed by atoms with van der Waals surface area (Å²) >= 11 is 8.16. The average molecular weight is 285 g/mol. The van der Waals surface area contributed by atoms with Crippen LogP contribution >= 0.6 is 28.1 Å². The molecule has 0 aliphatic heterocycles. The summed E-state index contributed by atoms with van der Waals surface area (Å²) in [5.74, 6) is -0.296. The first-order valence-corrected chi connectivity index (χ1v) is 5.38.